The van der Waals surface area contributed by atoms with Crippen LogP contribution in [0.1, 0.15) is 33.6 Å². The van der Waals surface area contributed by atoms with Crippen molar-refractivity contribution in [2.45, 2.75) is 33.6 Å². The summed E-state index contributed by atoms with van der Waals surface area (Å²) in [7, 11) is 0. The number of carbonyl (C=O) groups excluding carboxylic acids is 1. The van der Waals surface area contributed by atoms with Crippen LogP contribution in [-0.4, -0.2) is 11.5 Å². The minimum atomic E-state index is 0.101. The number of rotatable bonds is 3. The number of allylic oxidation sites excluding steroid dienone is 13. The van der Waals surface area contributed by atoms with Crippen molar-refractivity contribution in [2.24, 2.45) is 16.1 Å². The van der Waals surface area contributed by atoms with Crippen molar-refractivity contribution < 1.29 is 4.79 Å². The van der Waals surface area contributed by atoms with E-state index in [4.69, 9.17) is 5.11 Å². The monoisotopic (exact) mass is 388 g/mol. The maximum absolute atomic E-state index is 12.2. The van der Waals surface area contributed by atoms with E-state index in [1.54, 1.807) is 0 Å². The third-order valence-electron chi connectivity index (χ3n) is 5.30. The van der Waals surface area contributed by atoms with E-state index in [9.17, 15) is 4.79 Å². The number of Topliss-reactive ketones (excluding diaryl/α,β-unsaturated/α-hetero) is 1. The van der Waals surface area contributed by atoms with Crippen LogP contribution in [0.15, 0.2) is 103 Å². The van der Waals surface area contributed by atoms with Crippen LogP contribution in [0.25, 0.3) is 0 Å². The first-order valence-corrected chi connectivity index (χ1v) is 10.7. The summed E-state index contributed by atoms with van der Waals surface area (Å²) in [5, 5.41) is 9.31. The highest BCUT2D eigenvalue weighted by Gasteiger charge is 2.28. The van der Waals surface area contributed by atoms with Gasteiger partial charge in [-0.05, 0) is 68.6 Å². The van der Waals surface area contributed by atoms with E-state index in [1.807, 2.05) is 37.8 Å². The molecule has 1 aliphatic heterocycles. The third kappa shape index (κ3) is 3.74. The van der Waals surface area contributed by atoms with E-state index in [0.29, 0.717) is 5.92 Å². The molecular formula is C24H24N2OS. The Hall–Kier alpha value is -2.46. The van der Waals surface area contributed by atoms with Crippen molar-refractivity contribution in [2.75, 3.05) is 5.75 Å². The van der Waals surface area contributed by atoms with Crippen molar-refractivity contribution in [1.29, 1.82) is 0 Å². The largest absolute Gasteiger partial charge is 0.289 e. The molecule has 0 bridgehead atoms. The number of hydrogen-bond donors (Lipinski definition) is 0. The molecule has 0 saturated carbocycles. The standard InChI is InChI=1S/C24H24N2OS/c1-15-7-6-9-20(11-15)25-26-22(19-12-16(2)23(27)17(3)13-19)24-21-10-5-4-8-18(21)14-28-24/h4-5,8-13,18H,6-7,14H2,1-3H3. The molecule has 0 N–H and O–H groups in total. The molecule has 3 aliphatic carbocycles. The molecule has 1 heterocycles. The number of hydrogen-bond acceptors (Lipinski definition) is 4. The Kier molecular flexibility index (Phi) is 5.31. The van der Waals surface area contributed by atoms with Crippen molar-refractivity contribution in [3.63, 3.8) is 0 Å². The zero-order chi connectivity index (χ0) is 19.7. The Morgan fingerprint density at radius 3 is 2.64 bits per heavy atom. The zero-order valence-corrected chi connectivity index (χ0v) is 17.3. The molecular weight excluding hydrogens is 364 g/mol. The highest BCUT2D eigenvalue weighted by molar-refractivity contribution is 8.03. The molecule has 0 aromatic heterocycles. The predicted molar refractivity (Wildman–Crippen MR) is 117 cm³/mol. The smallest absolute Gasteiger partial charge is 0.184 e. The number of carbonyl (C=O) groups is 1. The highest BCUT2D eigenvalue weighted by atomic mass is 32.2. The van der Waals surface area contributed by atoms with E-state index in [1.165, 1.54) is 16.1 Å². The molecule has 0 spiro atoms. The first kappa shape index (κ1) is 18.9. The quantitative estimate of drug-likeness (QED) is 0.515. The first-order valence-electron chi connectivity index (χ1n) is 9.70. The number of azo groups is 1. The maximum atomic E-state index is 12.2. The lowest BCUT2D eigenvalue weighted by Crippen LogP contribution is -2.07. The fourth-order valence-corrected chi connectivity index (χ4v) is 5.08. The second kappa shape index (κ2) is 7.88. The number of ketones is 1. The van der Waals surface area contributed by atoms with Crippen LogP contribution in [0, 0.1) is 5.92 Å². The molecule has 3 nitrogen and oxygen atoms in total. The number of thioether (sulfide) groups is 1. The van der Waals surface area contributed by atoms with Crippen LogP contribution in [0.2, 0.25) is 0 Å². The third-order valence-corrected chi connectivity index (χ3v) is 6.54. The summed E-state index contributed by atoms with van der Waals surface area (Å²) in [5.74, 6) is 1.54. The van der Waals surface area contributed by atoms with E-state index >= 15 is 0 Å². The van der Waals surface area contributed by atoms with Gasteiger partial charge in [0.1, 0.15) is 5.70 Å². The van der Waals surface area contributed by atoms with Gasteiger partial charge in [0.15, 0.2) is 5.78 Å². The fraction of sp³-hybridized carbons (Fsp3) is 0.292. The first-order chi connectivity index (χ1) is 13.5. The van der Waals surface area contributed by atoms with E-state index in [2.05, 4.69) is 48.5 Å². The number of nitrogens with zero attached hydrogens (tertiary/aromatic N) is 2. The molecule has 0 saturated heterocycles. The van der Waals surface area contributed by atoms with Crippen molar-refractivity contribution in [1.82, 2.24) is 0 Å². The Morgan fingerprint density at radius 1 is 1.11 bits per heavy atom. The Bertz CT molecular complexity index is 985. The molecule has 0 fully saturated rings. The topological polar surface area (TPSA) is 41.8 Å². The lowest BCUT2D eigenvalue weighted by molar-refractivity contribution is -0.112. The van der Waals surface area contributed by atoms with Gasteiger partial charge in [-0.3, -0.25) is 4.79 Å². The van der Waals surface area contributed by atoms with Gasteiger partial charge in [-0.1, -0.05) is 36.0 Å². The molecule has 1 atom stereocenters. The number of fused-ring (bicyclic) bond motifs is 1. The summed E-state index contributed by atoms with van der Waals surface area (Å²) in [4.78, 5) is 13.4. The molecule has 4 heteroatoms. The normalized spacial score (nSPS) is 24.3. The van der Waals surface area contributed by atoms with Crippen LogP contribution in [0.5, 0.6) is 0 Å². The zero-order valence-electron chi connectivity index (χ0n) is 16.5. The van der Waals surface area contributed by atoms with E-state index in [-0.39, 0.29) is 5.78 Å². The van der Waals surface area contributed by atoms with Gasteiger partial charge in [0.05, 0.1) is 5.70 Å². The van der Waals surface area contributed by atoms with Crippen LogP contribution in [0.4, 0.5) is 0 Å². The van der Waals surface area contributed by atoms with E-state index < -0.39 is 0 Å². The van der Waals surface area contributed by atoms with Crippen LogP contribution in [-0.2, 0) is 4.79 Å². The average Bonchev–Trinajstić information content (AvgIpc) is 3.10. The van der Waals surface area contributed by atoms with Crippen LogP contribution in [0.3, 0.4) is 0 Å². The van der Waals surface area contributed by atoms with Crippen molar-refractivity contribution in [3.05, 3.63) is 92.8 Å². The van der Waals surface area contributed by atoms with Gasteiger partial charge >= 0.3 is 0 Å². The Balaban J connectivity index is 1.82. The van der Waals surface area contributed by atoms with Gasteiger partial charge in [-0.2, -0.15) is 5.11 Å². The van der Waals surface area contributed by atoms with Crippen LogP contribution >= 0.6 is 11.8 Å². The van der Waals surface area contributed by atoms with Crippen LogP contribution < -0.4 is 0 Å². The molecule has 4 aliphatic rings. The second-order valence-corrected chi connectivity index (χ2v) is 8.62. The van der Waals surface area contributed by atoms with Crippen molar-refractivity contribution >= 4 is 17.5 Å². The summed E-state index contributed by atoms with van der Waals surface area (Å²) < 4.78 is 0. The Labute approximate surface area is 170 Å². The van der Waals surface area contributed by atoms with Gasteiger partial charge < -0.3 is 0 Å². The molecule has 142 valence electrons. The van der Waals surface area contributed by atoms with Gasteiger partial charge in [0.2, 0.25) is 0 Å². The molecule has 4 rings (SSSR count). The minimum absolute atomic E-state index is 0.101. The second-order valence-electron chi connectivity index (χ2n) is 7.59. The highest BCUT2D eigenvalue weighted by Crippen LogP contribution is 2.45. The average molecular weight is 389 g/mol. The molecule has 0 aromatic rings. The molecule has 0 amide bonds. The summed E-state index contributed by atoms with van der Waals surface area (Å²) in [5.41, 5.74) is 6.88. The van der Waals surface area contributed by atoms with Gasteiger partial charge in [-0.25, -0.2) is 0 Å². The molecule has 1 unspecified atom stereocenters. The summed E-state index contributed by atoms with van der Waals surface area (Å²) in [6, 6.07) is 0. The van der Waals surface area contributed by atoms with Gasteiger partial charge in [0, 0.05) is 22.1 Å². The SMILES string of the molecule is CC1=CC(N=NC(=C2C=C(C)C(=O)C(C)=C2)C2=C3C=CC=CC3CS2)=CCC1. The fourth-order valence-electron chi connectivity index (χ4n) is 3.77. The molecule has 0 aromatic carbocycles. The predicted octanol–water partition coefficient (Wildman–Crippen LogP) is 6.54. The van der Waals surface area contributed by atoms with Crippen molar-refractivity contribution in [3.8, 4) is 0 Å². The lowest BCUT2D eigenvalue weighted by Gasteiger charge is -2.15. The van der Waals surface area contributed by atoms with Gasteiger partial charge in [0.25, 0.3) is 0 Å². The Morgan fingerprint density at radius 2 is 1.89 bits per heavy atom. The van der Waals surface area contributed by atoms with E-state index in [0.717, 1.165) is 46.7 Å². The molecule has 28 heavy (non-hydrogen) atoms. The summed E-state index contributed by atoms with van der Waals surface area (Å²) in [6.07, 6.45) is 18.9. The lowest BCUT2D eigenvalue weighted by atomic mass is 9.92. The maximum Gasteiger partial charge on any atom is 0.184 e. The minimum Gasteiger partial charge on any atom is -0.289 e. The summed E-state index contributed by atoms with van der Waals surface area (Å²) in [6.45, 7) is 5.87. The molecule has 0 radical (unpaired) electrons. The van der Waals surface area contributed by atoms with Gasteiger partial charge in [-0.15, -0.1) is 16.9 Å². The summed E-state index contributed by atoms with van der Waals surface area (Å²) >= 11 is 1.83.